The minimum absolute atomic E-state index is 0.0252. The molecule has 0 spiro atoms. The highest BCUT2D eigenvalue weighted by atomic mass is 32.2. The Kier molecular flexibility index (Phi) is 5.47. The quantitative estimate of drug-likeness (QED) is 0.725. The molecule has 0 amide bonds. The van der Waals surface area contributed by atoms with Gasteiger partial charge in [-0.1, -0.05) is 16.3 Å². The maximum atomic E-state index is 11.4. The number of nitrogens with zero attached hydrogens (tertiary/aromatic N) is 1. The summed E-state index contributed by atoms with van der Waals surface area (Å²) in [6.45, 7) is 4.36. The van der Waals surface area contributed by atoms with Crippen molar-refractivity contribution in [3.63, 3.8) is 0 Å². The van der Waals surface area contributed by atoms with Gasteiger partial charge in [0.05, 0.1) is 7.11 Å². The molecule has 16 heavy (non-hydrogen) atoms. The maximum Gasteiger partial charge on any atom is 0.234 e. The van der Waals surface area contributed by atoms with E-state index in [0.717, 1.165) is 13.0 Å². The fourth-order valence-corrected chi connectivity index (χ4v) is 3.23. The summed E-state index contributed by atoms with van der Waals surface area (Å²) in [5.74, 6) is 0.0701. The summed E-state index contributed by atoms with van der Waals surface area (Å²) in [6, 6.07) is 0.0822. The SMILES string of the molecule is COS(=O)NC1CCN(P)[C@H]1[C@H](C)C(C)=O. The fourth-order valence-electron chi connectivity index (χ4n) is 2.02. The Hall–Kier alpha value is 0.130. The molecule has 5 nitrogen and oxygen atoms in total. The molecule has 3 unspecified atom stereocenters. The molecular weight excluding hydrogens is 247 g/mol. The molecule has 0 radical (unpaired) electrons. The van der Waals surface area contributed by atoms with Gasteiger partial charge in [0.15, 0.2) is 0 Å². The van der Waals surface area contributed by atoms with Crippen LogP contribution in [0.2, 0.25) is 0 Å². The van der Waals surface area contributed by atoms with Crippen molar-refractivity contribution in [1.82, 2.24) is 9.39 Å². The van der Waals surface area contributed by atoms with E-state index in [4.69, 9.17) is 0 Å². The molecule has 0 bridgehead atoms. The van der Waals surface area contributed by atoms with Gasteiger partial charge in [-0.2, -0.15) is 0 Å². The highest BCUT2D eigenvalue weighted by Crippen LogP contribution is 2.28. The second-order valence-corrected chi connectivity index (χ2v) is 5.74. The third-order valence-electron chi connectivity index (χ3n) is 3.05. The lowest BCUT2D eigenvalue weighted by atomic mass is 9.94. The molecule has 0 aromatic rings. The molecule has 1 N–H and O–H groups in total. The predicted molar refractivity (Wildman–Crippen MR) is 66.7 cm³/mol. The van der Waals surface area contributed by atoms with E-state index in [1.165, 1.54) is 7.11 Å². The largest absolute Gasteiger partial charge is 0.300 e. The van der Waals surface area contributed by atoms with Crippen molar-refractivity contribution < 1.29 is 13.2 Å². The molecular formula is C9H19N2O3PS. The Labute approximate surface area is 101 Å². The molecule has 1 rings (SSSR count). The van der Waals surface area contributed by atoms with Gasteiger partial charge >= 0.3 is 0 Å². The van der Waals surface area contributed by atoms with Crippen LogP contribution in [0.1, 0.15) is 20.3 Å². The van der Waals surface area contributed by atoms with Crippen molar-refractivity contribution in [3.8, 4) is 0 Å². The average molecular weight is 266 g/mol. The van der Waals surface area contributed by atoms with Crippen LogP contribution in [-0.4, -0.2) is 40.4 Å². The Morgan fingerprint density at radius 1 is 1.69 bits per heavy atom. The molecule has 7 heteroatoms. The molecule has 94 valence electrons. The van der Waals surface area contributed by atoms with E-state index < -0.39 is 11.3 Å². The first-order valence-electron chi connectivity index (χ1n) is 5.21. The maximum absolute atomic E-state index is 11.4. The summed E-state index contributed by atoms with van der Waals surface area (Å²) in [5.41, 5.74) is 0. The second kappa shape index (κ2) is 6.17. The number of carbonyl (C=O) groups excluding carboxylic acids is 1. The number of ketones is 1. The van der Waals surface area contributed by atoms with Crippen LogP contribution in [0, 0.1) is 5.92 Å². The molecule has 1 aliphatic rings. The van der Waals surface area contributed by atoms with Gasteiger partial charge in [-0.3, -0.25) is 13.6 Å². The monoisotopic (exact) mass is 266 g/mol. The lowest BCUT2D eigenvalue weighted by molar-refractivity contribution is -0.121. The van der Waals surface area contributed by atoms with Crippen molar-refractivity contribution in [2.24, 2.45) is 5.92 Å². The first-order valence-corrected chi connectivity index (χ1v) is 6.80. The predicted octanol–water partition coefficient (Wildman–Crippen LogP) is 0.259. The van der Waals surface area contributed by atoms with Crippen molar-refractivity contribution in [2.75, 3.05) is 13.7 Å². The van der Waals surface area contributed by atoms with Crippen molar-refractivity contribution in [2.45, 2.75) is 32.4 Å². The van der Waals surface area contributed by atoms with E-state index in [0.29, 0.717) is 0 Å². The van der Waals surface area contributed by atoms with E-state index in [1.807, 2.05) is 6.92 Å². The minimum atomic E-state index is -1.48. The average Bonchev–Trinajstić information content (AvgIpc) is 2.58. The second-order valence-electron chi connectivity index (χ2n) is 4.04. The van der Waals surface area contributed by atoms with Gasteiger partial charge < -0.3 is 0 Å². The number of carbonyl (C=O) groups is 1. The van der Waals surface area contributed by atoms with Crippen LogP contribution in [0.5, 0.6) is 0 Å². The van der Waals surface area contributed by atoms with E-state index in [1.54, 1.807) is 6.92 Å². The highest BCUT2D eigenvalue weighted by Gasteiger charge is 2.38. The van der Waals surface area contributed by atoms with Gasteiger partial charge in [0.2, 0.25) is 11.3 Å². The van der Waals surface area contributed by atoms with Crippen LogP contribution in [0.4, 0.5) is 0 Å². The van der Waals surface area contributed by atoms with Gasteiger partial charge in [0.25, 0.3) is 0 Å². The normalized spacial score (nSPS) is 30.2. The smallest absolute Gasteiger partial charge is 0.234 e. The van der Waals surface area contributed by atoms with Gasteiger partial charge in [0.1, 0.15) is 5.78 Å². The zero-order valence-electron chi connectivity index (χ0n) is 9.80. The van der Waals surface area contributed by atoms with E-state index in [2.05, 4.69) is 23.0 Å². The lowest BCUT2D eigenvalue weighted by Gasteiger charge is -2.28. The van der Waals surface area contributed by atoms with Crippen LogP contribution in [0.3, 0.4) is 0 Å². The van der Waals surface area contributed by atoms with Crippen LogP contribution < -0.4 is 4.72 Å². The summed E-state index contributed by atoms with van der Waals surface area (Å²) in [6.07, 6.45) is 0.862. The summed E-state index contributed by atoms with van der Waals surface area (Å²) in [7, 11) is 4.02. The van der Waals surface area contributed by atoms with Crippen LogP contribution >= 0.6 is 9.39 Å². The summed E-state index contributed by atoms with van der Waals surface area (Å²) >= 11 is -1.48. The molecule has 0 saturated carbocycles. The van der Waals surface area contributed by atoms with Gasteiger partial charge in [-0.25, -0.2) is 8.93 Å². The summed E-state index contributed by atoms with van der Waals surface area (Å²) < 4.78 is 20.9. The van der Waals surface area contributed by atoms with Crippen LogP contribution in [-0.2, 0) is 20.2 Å². The first-order chi connectivity index (χ1) is 7.47. The topological polar surface area (TPSA) is 58.6 Å². The molecule has 1 aliphatic heterocycles. The van der Waals surface area contributed by atoms with Crippen molar-refractivity contribution >= 4 is 26.4 Å². The van der Waals surface area contributed by atoms with Crippen LogP contribution in [0.15, 0.2) is 0 Å². The van der Waals surface area contributed by atoms with E-state index in [-0.39, 0.29) is 23.8 Å². The third kappa shape index (κ3) is 3.31. The molecule has 1 saturated heterocycles. The minimum Gasteiger partial charge on any atom is -0.300 e. The molecule has 1 heterocycles. The van der Waals surface area contributed by atoms with Gasteiger partial charge in [-0.15, -0.1) is 0 Å². The van der Waals surface area contributed by atoms with E-state index >= 15 is 0 Å². The Morgan fingerprint density at radius 3 is 2.81 bits per heavy atom. The Balaban J connectivity index is 2.69. The molecule has 5 atom stereocenters. The Morgan fingerprint density at radius 2 is 2.31 bits per heavy atom. The van der Waals surface area contributed by atoms with Crippen LogP contribution in [0.25, 0.3) is 0 Å². The number of Topliss-reactive ketones (excluding diaryl/α,β-unsaturated/α-hetero) is 1. The zero-order chi connectivity index (χ0) is 12.3. The molecule has 0 aromatic heterocycles. The standard InChI is InChI=1S/C9H19N2O3PS/c1-6(7(2)12)9-8(4-5-11(9)15)10-16(13)14-3/h6,8-10H,4-5,15H2,1-3H3/t6-,8?,9+,16?/m1/s1. The molecule has 1 fully saturated rings. The number of hydrogen-bond donors (Lipinski definition) is 1. The van der Waals surface area contributed by atoms with Gasteiger partial charge in [0, 0.05) is 24.5 Å². The fraction of sp³-hybridized carbons (Fsp3) is 0.889. The summed E-state index contributed by atoms with van der Waals surface area (Å²) in [5, 5.41) is 0. The molecule has 0 aliphatic carbocycles. The highest BCUT2D eigenvalue weighted by molar-refractivity contribution is 7.78. The number of nitrogens with one attached hydrogen (secondary N) is 1. The van der Waals surface area contributed by atoms with E-state index in [9.17, 15) is 9.00 Å². The van der Waals surface area contributed by atoms with Crippen molar-refractivity contribution in [1.29, 1.82) is 0 Å². The lowest BCUT2D eigenvalue weighted by Crippen LogP contribution is -2.46. The zero-order valence-corrected chi connectivity index (χ0v) is 11.8. The summed E-state index contributed by atoms with van der Waals surface area (Å²) in [4.78, 5) is 11.4. The molecule has 0 aromatic carbocycles. The van der Waals surface area contributed by atoms with Crippen molar-refractivity contribution in [3.05, 3.63) is 0 Å². The number of hydrogen-bond acceptors (Lipinski definition) is 4. The van der Waals surface area contributed by atoms with Gasteiger partial charge in [-0.05, 0) is 13.3 Å². The Bertz CT molecular complexity index is 290. The number of rotatable bonds is 5. The third-order valence-corrected chi connectivity index (χ3v) is 4.45. The first kappa shape index (κ1) is 14.2.